The number of para-hydroxylation sites is 2. The fraction of sp³-hybridized carbons (Fsp3) is 0.300. The number of hydrogen-bond donors (Lipinski definition) is 0. The van der Waals surface area contributed by atoms with E-state index in [0.717, 1.165) is 16.6 Å². The predicted octanol–water partition coefficient (Wildman–Crippen LogP) is 3.86. The van der Waals surface area contributed by atoms with E-state index in [9.17, 15) is 4.79 Å². The molecule has 0 radical (unpaired) electrons. The van der Waals surface area contributed by atoms with Crippen LogP contribution >= 0.6 is 0 Å². The van der Waals surface area contributed by atoms with Crippen molar-refractivity contribution in [3.63, 3.8) is 0 Å². The molecule has 0 aliphatic carbocycles. The van der Waals surface area contributed by atoms with Crippen LogP contribution in [0.4, 0.5) is 0 Å². The number of rotatable bonds is 4. The molecule has 0 saturated carbocycles. The highest BCUT2D eigenvalue weighted by Gasteiger charge is 2.26. The molecule has 3 aromatic rings. The largest absolute Gasteiger partial charge is 0.332 e. The van der Waals surface area contributed by atoms with Crippen LogP contribution in [0, 0.1) is 0 Å². The zero-order valence-corrected chi connectivity index (χ0v) is 14.4. The van der Waals surface area contributed by atoms with E-state index in [0.29, 0.717) is 13.1 Å². The first-order valence-corrected chi connectivity index (χ1v) is 8.19. The molecule has 0 bridgehead atoms. The van der Waals surface area contributed by atoms with Crippen molar-refractivity contribution in [2.45, 2.75) is 39.4 Å². The van der Waals surface area contributed by atoms with Gasteiger partial charge < -0.3 is 9.47 Å². The summed E-state index contributed by atoms with van der Waals surface area (Å²) in [7, 11) is 0. The summed E-state index contributed by atoms with van der Waals surface area (Å²) in [5.74, 6) is 0.0921. The van der Waals surface area contributed by atoms with Gasteiger partial charge in [0, 0.05) is 12.1 Å². The topological polar surface area (TPSA) is 38.1 Å². The van der Waals surface area contributed by atoms with E-state index in [-0.39, 0.29) is 11.4 Å². The summed E-state index contributed by atoms with van der Waals surface area (Å²) in [6, 6.07) is 18.0. The molecule has 24 heavy (non-hydrogen) atoms. The van der Waals surface area contributed by atoms with E-state index in [1.807, 2.05) is 51.9 Å². The third-order valence-corrected chi connectivity index (χ3v) is 4.13. The third-order valence-electron chi connectivity index (χ3n) is 4.13. The number of benzene rings is 2. The van der Waals surface area contributed by atoms with Gasteiger partial charge in [0.2, 0.25) is 5.91 Å². The maximum atomic E-state index is 13.0. The van der Waals surface area contributed by atoms with Crippen LogP contribution in [0.2, 0.25) is 0 Å². The van der Waals surface area contributed by atoms with Gasteiger partial charge in [-0.15, -0.1) is 0 Å². The van der Waals surface area contributed by atoms with Crippen molar-refractivity contribution in [2.75, 3.05) is 0 Å². The summed E-state index contributed by atoms with van der Waals surface area (Å²) in [4.78, 5) is 19.3. The van der Waals surface area contributed by atoms with Crippen molar-refractivity contribution < 1.29 is 4.79 Å². The summed E-state index contributed by atoms with van der Waals surface area (Å²) < 4.78 is 1.92. The fourth-order valence-electron chi connectivity index (χ4n) is 2.83. The SMILES string of the molecule is CC(C)(C)N(Cc1ccccc1)C(=O)Cn1cnc2ccccc21. The van der Waals surface area contributed by atoms with Crippen molar-refractivity contribution in [3.05, 3.63) is 66.5 Å². The summed E-state index contributed by atoms with van der Waals surface area (Å²) in [5.41, 5.74) is 2.79. The van der Waals surface area contributed by atoms with Crippen LogP contribution in [-0.4, -0.2) is 25.9 Å². The molecular weight excluding hydrogens is 298 g/mol. The lowest BCUT2D eigenvalue weighted by Crippen LogP contribution is -2.46. The minimum Gasteiger partial charge on any atom is -0.332 e. The molecule has 1 aromatic heterocycles. The Labute approximate surface area is 142 Å². The second kappa shape index (κ2) is 6.48. The number of fused-ring (bicyclic) bond motifs is 1. The molecule has 3 rings (SSSR count). The first-order valence-electron chi connectivity index (χ1n) is 8.19. The number of carbonyl (C=O) groups is 1. The average Bonchev–Trinajstić information content (AvgIpc) is 2.96. The highest BCUT2D eigenvalue weighted by atomic mass is 16.2. The molecule has 1 amide bonds. The van der Waals surface area contributed by atoms with Crippen LogP contribution in [0.3, 0.4) is 0 Å². The molecule has 0 spiro atoms. The first kappa shape index (κ1) is 16.2. The highest BCUT2D eigenvalue weighted by Crippen LogP contribution is 2.19. The maximum Gasteiger partial charge on any atom is 0.243 e. The van der Waals surface area contributed by atoms with Crippen LogP contribution in [0.15, 0.2) is 60.9 Å². The van der Waals surface area contributed by atoms with Crippen LogP contribution in [-0.2, 0) is 17.9 Å². The summed E-state index contributed by atoms with van der Waals surface area (Å²) in [6.07, 6.45) is 1.74. The lowest BCUT2D eigenvalue weighted by molar-refractivity contribution is -0.137. The van der Waals surface area contributed by atoms with Gasteiger partial charge in [-0.1, -0.05) is 42.5 Å². The van der Waals surface area contributed by atoms with E-state index < -0.39 is 0 Å². The number of carbonyl (C=O) groups excluding carboxylic acids is 1. The maximum absolute atomic E-state index is 13.0. The molecule has 4 heteroatoms. The van der Waals surface area contributed by atoms with E-state index in [1.54, 1.807) is 6.33 Å². The molecule has 124 valence electrons. The van der Waals surface area contributed by atoms with Crippen LogP contribution in [0.5, 0.6) is 0 Å². The zero-order chi connectivity index (χ0) is 17.2. The van der Waals surface area contributed by atoms with E-state index in [2.05, 4.69) is 37.9 Å². The fourth-order valence-corrected chi connectivity index (χ4v) is 2.83. The minimum atomic E-state index is -0.247. The normalized spacial score (nSPS) is 11.6. The number of aromatic nitrogens is 2. The molecule has 0 atom stereocenters. The van der Waals surface area contributed by atoms with E-state index >= 15 is 0 Å². The van der Waals surface area contributed by atoms with E-state index in [4.69, 9.17) is 0 Å². The lowest BCUT2D eigenvalue weighted by Gasteiger charge is -2.36. The second-order valence-electron chi connectivity index (χ2n) is 7.00. The Morgan fingerprint density at radius 2 is 1.71 bits per heavy atom. The van der Waals surface area contributed by atoms with Gasteiger partial charge in [0.15, 0.2) is 0 Å². The molecular formula is C20H23N3O. The Morgan fingerprint density at radius 3 is 2.42 bits per heavy atom. The first-order chi connectivity index (χ1) is 11.4. The molecule has 0 fully saturated rings. The number of amides is 1. The molecule has 1 heterocycles. The molecule has 0 aliphatic rings. The summed E-state index contributed by atoms with van der Waals surface area (Å²) in [5, 5.41) is 0. The summed E-state index contributed by atoms with van der Waals surface area (Å²) >= 11 is 0. The van der Waals surface area contributed by atoms with Gasteiger partial charge in [0.1, 0.15) is 6.54 Å². The Bertz CT molecular complexity index is 831. The third kappa shape index (κ3) is 3.48. The standard InChI is InChI=1S/C20H23N3O/c1-20(2,3)23(13-16-9-5-4-6-10-16)19(24)14-22-15-21-17-11-7-8-12-18(17)22/h4-12,15H,13-14H2,1-3H3. The van der Waals surface area contributed by atoms with Gasteiger partial charge in [-0.3, -0.25) is 4.79 Å². The molecule has 4 nitrogen and oxygen atoms in total. The van der Waals surface area contributed by atoms with Gasteiger partial charge in [-0.2, -0.15) is 0 Å². The van der Waals surface area contributed by atoms with Crippen LogP contribution < -0.4 is 0 Å². The summed E-state index contributed by atoms with van der Waals surface area (Å²) in [6.45, 7) is 7.11. The van der Waals surface area contributed by atoms with Crippen molar-refractivity contribution in [1.29, 1.82) is 0 Å². The molecule has 0 unspecified atom stereocenters. The van der Waals surface area contributed by atoms with Gasteiger partial charge >= 0.3 is 0 Å². The Morgan fingerprint density at radius 1 is 1.04 bits per heavy atom. The number of hydrogen-bond acceptors (Lipinski definition) is 2. The van der Waals surface area contributed by atoms with Crippen LogP contribution in [0.25, 0.3) is 11.0 Å². The quantitative estimate of drug-likeness (QED) is 0.732. The van der Waals surface area contributed by atoms with Crippen molar-refractivity contribution in [2.24, 2.45) is 0 Å². The van der Waals surface area contributed by atoms with Gasteiger partial charge in [0.05, 0.1) is 17.4 Å². The van der Waals surface area contributed by atoms with Crippen molar-refractivity contribution in [1.82, 2.24) is 14.5 Å². The molecule has 0 aliphatic heterocycles. The van der Waals surface area contributed by atoms with Gasteiger partial charge in [-0.05, 0) is 38.5 Å². The second-order valence-corrected chi connectivity index (χ2v) is 7.00. The Balaban J connectivity index is 1.84. The van der Waals surface area contributed by atoms with Gasteiger partial charge in [0.25, 0.3) is 0 Å². The molecule has 0 saturated heterocycles. The van der Waals surface area contributed by atoms with Crippen molar-refractivity contribution >= 4 is 16.9 Å². The molecule has 0 N–H and O–H groups in total. The van der Waals surface area contributed by atoms with E-state index in [1.165, 1.54) is 0 Å². The Kier molecular flexibility index (Phi) is 4.38. The minimum absolute atomic E-state index is 0.0921. The number of imidazole rings is 1. The van der Waals surface area contributed by atoms with Crippen molar-refractivity contribution in [3.8, 4) is 0 Å². The zero-order valence-electron chi connectivity index (χ0n) is 14.4. The average molecular weight is 321 g/mol. The highest BCUT2D eigenvalue weighted by molar-refractivity contribution is 5.81. The molecule has 2 aromatic carbocycles. The monoisotopic (exact) mass is 321 g/mol. The smallest absolute Gasteiger partial charge is 0.243 e. The Hall–Kier alpha value is -2.62. The van der Waals surface area contributed by atoms with Gasteiger partial charge in [-0.25, -0.2) is 4.98 Å². The van der Waals surface area contributed by atoms with Crippen LogP contribution in [0.1, 0.15) is 26.3 Å². The number of nitrogens with zero attached hydrogens (tertiary/aromatic N) is 3. The predicted molar refractivity (Wildman–Crippen MR) is 96.5 cm³/mol. The lowest BCUT2D eigenvalue weighted by atomic mass is 10.0.